The molecule has 5 heteroatoms. The Labute approximate surface area is 117 Å². The van der Waals surface area contributed by atoms with Crippen molar-refractivity contribution in [1.29, 1.82) is 0 Å². The Morgan fingerprint density at radius 2 is 2.25 bits per heavy atom. The van der Waals surface area contributed by atoms with Crippen LogP contribution in [-0.2, 0) is 10.2 Å². The van der Waals surface area contributed by atoms with Crippen molar-refractivity contribution in [3.63, 3.8) is 0 Å². The Kier molecular flexibility index (Phi) is 2.02. The molecule has 3 N–H and O–H groups in total. The van der Waals surface area contributed by atoms with E-state index in [0.29, 0.717) is 23.9 Å². The average Bonchev–Trinajstić information content (AvgIpc) is 2.96. The summed E-state index contributed by atoms with van der Waals surface area (Å²) in [5.41, 5.74) is 6.87. The molecular formula is C15H18N4O. The summed E-state index contributed by atoms with van der Waals surface area (Å²) < 4.78 is 0. The van der Waals surface area contributed by atoms with E-state index in [2.05, 4.69) is 28.8 Å². The van der Waals surface area contributed by atoms with Gasteiger partial charge in [0.2, 0.25) is 0 Å². The smallest absolute Gasteiger partial charge is 0.147 e. The maximum absolute atomic E-state index is 12.6. The molecule has 2 fully saturated rings. The fourth-order valence-corrected chi connectivity index (χ4v) is 4.36. The first-order valence-corrected chi connectivity index (χ1v) is 7.10. The third kappa shape index (κ3) is 1.16. The van der Waals surface area contributed by atoms with Crippen LogP contribution in [0.4, 0.5) is 5.82 Å². The molecule has 5 nitrogen and oxygen atoms in total. The van der Waals surface area contributed by atoms with Crippen molar-refractivity contribution in [3.8, 4) is 0 Å². The van der Waals surface area contributed by atoms with E-state index in [4.69, 9.17) is 5.73 Å². The lowest BCUT2D eigenvalue weighted by molar-refractivity contribution is -0.124. The van der Waals surface area contributed by atoms with Crippen molar-refractivity contribution >= 4 is 22.6 Å². The number of hydrogen-bond acceptors (Lipinski definition) is 4. The van der Waals surface area contributed by atoms with Gasteiger partial charge >= 0.3 is 0 Å². The lowest BCUT2D eigenvalue weighted by atomic mass is 9.68. The zero-order chi connectivity index (χ0) is 14.1. The molecule has 0 aromatic carbocycles. The first-order chi connectivity index (χ1) is 9.45. The molecule has 2 aromatic heterocycles. The quantitative estimate of drug-likeness (QED) is 0.831. The Morgan fingerprint density at radius 1 is 1.45 bits per heavy atom. The highest BCUT2D eigenvalue weighted by Gasteiger charge is 2.66. The number of Topliss-reactive ketones (excluding diaryl/α,β-unsaturated/α-hetero) is 1. The lowest BCUT2D eigenvalue weighted by Crippen LogP contribution is -2.41. The maximum Gasteiger partial charge on any atom is 0.147 e. The van der Waals surface area contributed by atoms with Crippen LogP contribution in [0.25, 0.3) is 11.0 Å². The van der Waals surface area contributed by atoms with Crippen molar-refractivity contribution in [2.45, 2.75) is 38.5 Å². The van der Waals surface area contributed by atoms with Gasteiger partial charge in [-0.2, -0.15) is 0 Å². The van der Waals surface area contributed by atoms with E-state index < -0.39 is 5.41 Å². The van der Waals surface area contributed by atoms with E-state index in [1.54, 1.807) is 12.3 Å². The minimum Gasteiger partial charge on any atom is -0.384 e. The molecule has 0 radical (unpaired) electrons. The number of nitrogens with one attached hydrogen (secondary N) is 1. The summed E-state index contributed by atoms with van der Waals surface area (Å²) in [7, 11) is 0. The highest BCUT2D eigenvalue weighted by atomic mass is 16.1. The van der Waals surface area contributed by atoms with E-state index in [9.17, 15) is 4.79 Å². The molecule has 2 heterocycles. The number of hydrogen-bond donors (Lipinski definition) is 2. The molecule has 2 atom stereocenters. The number of rotatable bonds is 1. The topological polar surface area (TPSA) is 84.7 Å². The lowest BCUT2D eigenvalue weighted by Gasteiger charge is -2.34. The van der Waals surface area contributed by atoms with E-state index in [1.807, 2.05) is 0 Å². The van der Waals surface area contributed by atoms with Crippen LogP contribution in [0.15, 0.2) is 12.3 Å². The van der Waals surface area contributed by atoms with Crippen LogP contribution in [0.3, 0.4) is 0 Å². The molecule has 0 aliphatic heterocycles. The molecule has 2 aliphatic carbocycles. The summed E-state index contributed by atoms with van der Waals surface area (Å²) in [6.07, 6.45) is 4.38. The molecular weight excluding hydrogens is 252 g/mol. The number of imidazole rings is 1. The molecule has 104 valence electrons. The second kappa shape index (κ2) is 3.40. The van der Waals surface area contributed by atoms with E-state index in [1.165, 1.54) is 0 Å². The second-order valence-corrected chi connectivity index (χ2v) is 6.70. The van der Waals surface area contributed by atoms with Gasteiger partial charge < -0.3 is 10.7 Å². The predicted molar refractivity (Wildman–Crippen MR) is 76.1 cm³/mol. The molecule has 2 saturated carbocycles. The highest BCUT2D eigenvalue weighted by molar-refractivity contribution is 5.95. The Morgan fingerprint density at radius 3 is 2.90 bits per heavy atom. The standard InChI is InChI=1S/C15H18N4O/c1-14(2)8-3-4-15(14,11(20)5-8)13-18-9-6-12(16)17-7-10(9)19-13/h6-8H,3-5H2,1-2H3,(H2,16,17)(H,18,19). The summed E-state index contributed by atoms with van der Waals surface area (Å²) in [5.74, 6) is 2.06. The van der Waals surface area contributed by atoms with Crippen LogP contribution < -0.4 is 5.73 Å². The SMILES string of the molecule is CC1(C)C2CCC1(c1nc3cc(N)ncc3[nH]1)C(=O)C2. The number of aromatic nitrogens is 3. The number of anilines is 1. The summed E-state index contributed by atoms with van der Waals surface area (Å²) in [6, 6.07) is 1.75. The van der Waals surface area contributed by atoms with Crippen LogP contribution in [0, 0.1) is 11.3 Å². The van der Waals surface area contributed by atoms with Gasteiger partial charge in [0, 0.05) is 12.5 Å². The molecule has 20 heavy (non-hydrogen) atoms. The van der Waals surface area contributed by atoms with Crippen LogP contribution in [0.1, 0.15) is 38.9 Å². The molecule has 2 aromatic rings. The van der Waals surface area contributed by atoms with E-state index in [-0.39, 0.29) is 5.41 Å². The minimum absolute atomic E-state index is 0.0308. The number of carbonyl (C=O) groups is 1. The van der Waals surface area contributed by atoms with Crippen molar-refractivity contribution in [2.24, 2.45) is 11.3 Å². The zero-order valence-corrected chi connectivity index (χ0v) is 11.7. The van der Waals surface area contributed by atoms with Gasteiger partial charge in [-0.05, 0) is 24.2 Å². The zero-order valence-electron chi connectivity index (χ0n) is 11.7. The first-order valence-electron chi connectivity index (χ1n) is 7.10. The van der Waals surface area contributed by atoms with Gasteiger partial charge in [-0.1, -0.05) is 13.8 Å². The van der Waals surface area contributed by atoms with E-state index >= 15 is 0 Å². The number of carbonyl (C=O) groups excluding carboxylic acids is 1. The molecule has 4 rings (SSSR count). The third-order valence-electron chi connectivity index (χ3n) is 5.69. The van der Waals surface area contributed by atoms with Crippen molar-refractivity contribution in [3.05, 3.63) is 18.1 Å². The molecule has 0 saturated heterocycles. The predicted octanol–water partition coefficient (Wildman–Crippen LogP) is 2.19. The van der Waals surface area contributed by atoms with Gasteiger partial charge in [0.05, 0.1) is 22.6 Å². The van der Waals surface area contributed by atoms with E-state index in [0.717, 1.165) is 29.7 Å². The molecule has 2 bridgehead atoms. The van der Waals surface area contributed by atoms with Crippen LogP contribution in [-0.4, -0.2) is 20.7 Å². The van der Waals surface area contributed by atoms with Crippen LogP contribution in [0.5, 0.6) is 0 Å². The second-order valence-electron chi connectivity index (χ2n) is 6.70. The van der Waals surface area contributed by atoms with Gasteiger partial charge in [0.25, 0.3) is 0 Å². The summed E-state index contributed by atoms with van der Waals surface area (Å²) in [6.45, 7) is 4.41. The maximum atomic E-state index is 12.6. The molecule has 0 spiro atoms. The Hall–Kier alpha value is -1.91. The number of H-pyrrole nitrogens is 1. The summed E-state index contributed by atoms with van der Waals surface area (Å²) in [5, 5.41) is 0. The number of fused-ring (bicyclic) bond motifs is 3. The minimum atomic E-state index is -0.453. The van der Waals surface area contributed by atoms with Crippen molar-refractivity contribution in [2.75, 3.05) is 5.73 Å². The monoisotopic (exact) mass is 270 g/mol. The fraction of sp³-hybridized carbons (Fsp3) is 0.533. The number of nitrogens with two attached hydrogens (primary N) is 1. The molecule has 2 aliphatic rings. The summed E-state index contributed by atoms with van der Waals surface area (Å²) >= 11 is 0. The Balaban J connectivity index is 1.95. The van der Waals surface area contributed by atoms with Crippen LogP contribution in [0.2, 0.25) is 0 Å². The van der Waals surface area contributed by atoms with Gasteiger partial charge in [0.1, 0.15) is 17.4 Å². The third-order valence-corrected chi connectivity index (χ3v) is 5.69. The average molecular weight is 270 g/mol. The number of nitrogen functional groups attached to an aromatic ring is 1. The number of aromatic amines is 1. The molecule has 2 unspecified atom stereocenters. The highest BCUT2D eigenvalue weighted by Crippen LogP contribution is 2.63. The number of pyridine rings is 1. The molecule has 0 amide bonds. The van der Waals surface area contributed by atoms with Crippen molar-refractivity contribution in [1.82, 2.24) is 15.0 Å². The number of nitrogens with zero attached hydrogens (tertiary/aromatic N) is 2. The first kappa shape index (κ1) is 11.9. The van der Waals surface area contributed by atoms with Crippen LogP contribution >= 0.6 is 0 Å². The van der Waals surface area contributed by atoms with Crippen molar-refractivity contribution < 1.29 is 4.79 Å². The fourth-order valence-electron chi connectivity index (χ4n) is 4.36. The van der Waals surface area contributed by atoms with Gasteiger partial charge in [0.15, 0.2) is 0 Å². The van der Waals surface area contributed by atoms with Gasteiger partial charge in [-0.15, -0.1) is 0 Å². The largest absolute Gasteiger partial charge is 0.384 e. The summed E-state index contributed by atoms with van der Waals surface area (Å²) in [4.78, 5) is 24.7. The van der Waals surface area contributed by atoms with Gasteiger partial charge in [-0.3, -0.25) is 4.79 Å². The Bertz CT molecular complexity index is 733. The van der Waals surface area contributed by atoms with Gasteiger partial charge in [-0.25, -0.2) is 9.97 Å². The number of ketones is 1. The normalized spacial score (nSPS) is 31.3.